The summed E-state index contributed by atoms with van der Waals surface area (Å²) >= 11 is 0. The van der Waals surface area contributed by atoms with E-state index in [-0.39, 0.29) is 51.7 Å². The molecule has 3 N–H and O–H groups in total. The van der Waals surface area contributed by atoms with Crippen LogP contribution in [0.3, 0.4) is 0 Å². The highest BCUT2D eigenvalue weighted by molar-refractivity contribution is 5.82. The second-order valence-corrected chi connectivity index (χ2v) is 15.7. The van der Waals surface area contributed by atoms with Crippen molar-refractivity contribution in [3.8, 4) is 0 Å². The molecule has 198 valence electrons. The van der Waals surface area contributed by atoms with Crippen LogP contribution in [0.1, 0.15) is 99.8 Å². The molecule has 0 amide bonds. The highest BCUT2D eigenvalue weighted by atomic mass is 16.6. The predicted octanol–water partition coefficient (Wildman–Crippen LogP) is 4.71. The molecule has 6 fully saturated rings. The average Bonchev–Trinajstić information content (AvgIpc) is 3.25. The second kappa shape index (κ2) is 6.86. The number of fused-ring (bicyclic) bond motifs is 7. The van der Waals surface area contributed by atoms with E-state index in [4.69, 9.17) is 4.74 Å². The molecule has 0 aromatic carbocycles. The van der Waals surface area contributed by atoms with Gasteiger partial charge in [0, 0.05) is 12.3 Å². The number of carbonyl (C=O) groups excluding carboxylic acids is 1. The Morgan fingerprint density at radius 3 is 2.20 bits per heavy atom. The molecule has 0 unspecified atom stereocenters. The number of aliphatic hydroxyl groups is 3. The normalized spacial score (nSPS) is 58.6. The van der Waals surface area contributed by atoms with Crippen molar-refractivity contribution in [3.63, 3.8) is 0 Å². The van der Waals surface area contributed by atoms with Crippen LogP contribution >= 0.6 is 0 Å². The van der Waals surface area contributed by atoms with E-state index in [2.05, 4.69) is 34.6 Å². The SMILES string of the molecule is CC(C)(O)[C@H]1[C@@H]2[C@H]3CC[C@@H]4[C@@]5(C)CC[C@H](O)C(C)(C)[C@@H]5CC[C@@]4(C)[C@]3(C)C[C@H](O)[C@@]23C[C@@H]1OC3=O. The van der Waals surface area contributed by atoms with Crippen LogP contribution in [-0.4, -0.2) is 45.2 Å². The maximum Gasteiger partial charge on any atom is 0.315 e. The van der Waals surface area contributed by atoms with Gasteiger partial charge in [0.15, 0.2) is 0 Å². The Kier molecular flexibility index (Phi) is 4.83. The first kappa shape index (κ1) is 24.7. The molecule has 1 saturated heterocycles. The molecular formula is C30H48O5. The fraction of sp³-hybridized carbons (Fsp3) is 0.967. The summed E-state index contributed by atoms with van der Waals surface area (Å²) in [6, 6.07) is 0. The number of carbonyl (C=O) groups is 1. The lowest BCUT2D eigenvalue weighted by atomic mass is 9.32. The van der Waals surface area contributed by atoms with Crippen LogP contribution in [0.4, 0.5) is 0 Å². The number of ether oxygens (including phenoxy) is 1. The van der Waals surface area contributed by atoms with Gasteiger partial charge in [-0.15, -0.1) is 0 Å². The van der Waals surface area contributed by atoms with Gasteiger partial charge in [0.1, 0.15) is 11.5 Å². The Morgan fingerprint density at radius 2 is 1.54 bits per heavy atom. The van der Waals surface area contributed by atoms with Crippen molar-refractivity contribution in [3.05, 3.63) is 0 Å². The molecule has 2 bridgehead atoms. The van der Waals surface area contributed by atoms with Crippen LogP contribution in [0.15, 0.2) is 0 Å². The average molecular weight is 489 g/mol. The van der Waals surface area contributed by atoms with E-state index in [0.717, 1.165) is 38.5 Å². The summed E-state index contributed by atoms with van der Waals surface area (Å²) in [6.45, 7) is 15.7. The van der Waals surface area contributed by atoms with Crippen molar-refractivity contribution in [2.75, 3.05) is 0 Å². The van der Waals surface area contributed by atoms with Crippen LogP contribution in [-0.2, 0) is 9.53 Å². The fourth-order valence-corrected chi connectivity index (χ4v) is 12.2. The molecule has 6 rings (SSSR count). The lowest BCUT2D eigenvalue weighted by molar-refractivity contribution is -0.273. The molecule has 5 saturated carbocycles. The third kappa shape index (κ3) is 2.64. The monoisotopic (exact) mass is 488 g/mol. The van der Waals surface area contributed by atoms with Crippen molar-refractivity contribution in [1.82, 2.24) is 0 Å². The van der Waals surface area contributed by atoms with Gasteiger partial charge in [0.25, 0.3) is 0 Å². The zero-order chi connectivity index (χ0) is 25.6. The number of aliphatic hydroxyl groups excluding tert-OH is 2. The maximum atomic E-state index is 13.3. The fourth-order valence-electron chi connectivity index (χ4n) is 12.2. The first-order valence-corrected chi connectivity index (χ1v) is 14.3. The lowest BCUT2D eigenvalue weighted by Gasteiger charge is -2.73. The van der Waals surface area contributed by atoms with Gasteiger partial charge >= 0.3 is 5.97 Å². The number of hydrogen-bond donors (Lipinski definition) is 3. The third-order valence-corrected chi connectivity index (χ3v) is 13.9. The molecule has 6 aliphatic rings. The van der Waals surface area contributed by atoms with Crippen molar-refractivity contribution in [2.45, 2.75) is 124 Å². The van der Waals surface area contributed by atoms with Gasteiger partial charge in [-0.2, -0.15) is 0 Å². The van der Waals surface area contributed by atoms with Crippen LogP contribution < -0.4 is 0 Å². The van der Waals surface area contributed by atoms with Crippen LogP contribution in [0.25, 0.3) is 0 Å². The van der Waals surface area contributed by atoms with Gasteiger partial charge in [0.2, 0.25) is 0 Å². The van der Waals surface area contributed by atoms with Gasteiger partial charge in [-0.1, -0.05) is 34.6 Å². The Balaban J connectivity index is 1.44. The minimum Gasteiger partial charge on any atom is -0.461 e. The minimum atomic E-state index is -0.958. The predicted molar refractivity (Wildman–Crippen MR) is 133 cm³/mol. The van der Waals surface area contributed by atoms with E-state index in [1.54, 1.807) is 0 Å². The van der Waals surface area contributed by atoms with Gasteiger partial charge in [-0.25, -0.2) is 0 Å². The summed E-state index contributed by atoms with van der Waals surface area (Å²) in [4.78, 5) is 13.3. The number of rotatable bonds is 1. The molecule has 5 aliphatic carbocycles. The molecule has 1 aliphatic heterocycles. The van der Waals surface area contributed by atoms with Crippen molar-refractivity contribution in [2.24, 2.45) is 56.7 Å². The van der Waals surface area contributed by atoms with Crippen LogP contribution in [0.5, 0.6) is 0 Å². The maximum absolute atomic E-state index is 13.3. The van der Waals surface area contributed by atoms with Crippen molar-refractivity contribution >= 4 is 5.97 Å². The van der Waals surface area contributed by atoms with E-state index in [1.807, 2.05) is 13.8 Å². The molecule has 5 nitrogen and oxygen atoms in total. The summed E-state index contributed by atoms with van der Waals surface area (Å²) < 4.78 is 5.81. The quantitative estimate of drug-likeness (QED) is 0.466. The van der Waals surface area contributed by atoms with E-state index < -0.39 is 17.1 Å². The van der Waals surface area contributed by atoms with E-state index >= 15 is 0 Å². The van der Waals surface area contributed by atoms with Gasteiger partial charge in [0.05, 0.1) is 17.8 Å². The smallest absolute Gasteiger partial charge is 0.315 e. The highest BCUT2D eigenvalue weighted by Gasteiger charge is 2.79. The molecule has 0 radical (unpaired) electrons. The third-order valence-electron chi connectivity index (χ3n) is 13.9. The number of hydrogen-bond acceptors (Lipinski definition) is 5. The van der Waals surface area contributed by atoms with E-state index in [0.29, 0.717) is 30.6 Å². The lowest BCUT2D eigenvalue weighted by Crippen LogP contribution is -2.70. The summed E-state index contributed by atoms with van der Waals surface area (Å²) in [5, 5.41) is 34.0. The second-order valence-electron chi connectivity index (χ2n) is 15.7. The molecule has 0 aromatic rings. The zero-order valence-electron chi connectivity index (χ0n) is 22.9. The summed E-state index contributed by atoms with van der Waals surface area (Å²) in [5.74, 6) is 0.954. The summed E-state index contributed by atoms with van der Waals surface area (Å²) in [6.07, 6.45) is 6.31. The first-order chi connectivity index (χ1) is 16.0. The van der Waals surface area contributed by atoms with E-state index in [9.17, 15) is 20.1 Å². The first-order valence-electron chi connectivity index (χ1n) is 14.3. The molecule has 0 aromatic heterocycles. The van der Waals surface area contributed by atoms with Gasteiger partial charge in [-0.3, -0.25) is 4.79 Å². The molecular weight excluding hydrogens is 440 g/mol. The highest BCUT2D eigenvalue weighted by Crippen LogP contribution is 2.78. The van der Waals surface area contributed by atoms with E-state index in [1.165, 1.54) is 0 Å². The topological polar surface area (TPSA) is 87.0 Å². The van der Waals surface area contributed by atoms with Crippen LogP contribution in [0.2, 0.25) is 0 Å². The standard InChI is InChI=1S/C30H48O5/c1-25(2)18-10-13-28(6)19(27(18,5)12-11-20(25)31)9-8-16-22-23(26(3,4)34)17-14-30(22,24(33)35-17)21(32)15-29(16,28)7/h16-23,31-32,34H,8-15H2,1-7H3/t16-,17+,18+,19-,20+,21+,22+,23-,27+,28-,29-,30+/m1/s1. The molecule has 5 heteroatoms. The Morgan fingerprint density at radius 1 is 0.857 bits per heavy atom. The van der Waals surface area contributed by atoms with Crippen LogP contribution in [0, 0.1) is 56.7 Å². The van der Waals surface area contributed by atoms with Crippen molar-refractivity contribution < 1.29 is 24.9 Å². The van der Waals surface area contributed by atoms with Crippen molar-refractivity contribution in [1.29, 1.82) is 0 Å². The minimum absolute atomic E-state index is 0.0320. The molecule has 35 heavy (non-hydrogen) atoms. The molecule has 12 atom stereocenters. The van der Waals surface area contributed by atoms with Gasteiger partial charge < -0.3 is 20.1 Å². The molecule has 1 spiro atoms. The largest absolute Gasteiger partial charge is 0.461 e. The molecule has 1 heterocycles. The number of esters is 1. The Labute approximate surface area is 211 Å². The summed E-state index contributed by atoms with van der Waals surface area (Å²) in [5.41, 5.74) is -1.76. The Bertz CT molecular complexity index is 938. The van der Waals surface area contributed by atoms with Gasteiger partial charge in [-0.05, 0) is 104 Å². The Hall–Kier alpha value is -0.650. The summed E-state index contributed by atoms with van der Waals surface area (Å²) in [7, 11) is 0. The zero-order valence-corrected chi connectivity index (χ0v) is 22.9.